The Kier molecular flexibility index (Phi) is 3.89. The summed E-state index contributed by atoms with van der Waals surface area (Å²) in [4.78, 5) is 0. The van der Waals surface area contributed by atoms with Crippen molar-refractivity contribution in [2.75, 3.05) is 0 Å². The van der Waals surface area contributed by atoms with Crippen LogP contribution in [0.4, 0.5) is 8.78 Å². The van der Waals surface area contributed by atoms with Gasteiger partial charge in [0.05, 0.1) is 6.61 Å². The Morgan fingerprint density at radius 1 is 1.00 bits per heavy atom. The van der Waals surface area contributed by atoms with Gasteiger partial charge in [-0.15, -0.1) is 0 Å². The number of benzene rings is 2. The summed E-state index contributed by atoms with van der Waals surface area (Å²) in [6.45, 7) is -0.146. The molecule has 0 radical (unpaired) electrons. The van der Waals surface area contributed by atoms with Gasteiger partial charge >= 0.3 is 0 Å². The zero-order valence-electron chi connectivity index (χ0n) is 9.57. The van der Waals surface area contributed by atoms with Gasteiger partial charge in [0.1, 0.15) is 24.0 Å². The van der Waals surface area contributed by atoms with Gasteiger partial charge in [0, 0.05) is 5.56 Å². The van der Waals surface area contributed by atoms with Gasteiger partial charge in [-0.1, -0.05) is 12.1 Å². The molecule has 0 amide bonds. The summed E-state index contributed by atoms with van der Waals surface area (Å²) in [6, 6.07) is 9.93. The fourth-order valence-electron chi connectivity index (χ4n) is 1.60. The standard InChI is InChI=1S/C14H12F2O2/c15-12-3-1-2-10(6-12)9-18-14-5-4-13(16)7-11(14)8-17/h1-7,17H,8-9H2. The first-order valence-corrected chi connectivity index (χ1v) is 5.45. The Hall–Kier alpha value is -1.94. The number of rotatable bonds is 4. The van der Waals surface area contributed by atoms with E-state index in [0.29, 0.717) is 16.9 Å². The van der Waals surface area contributed by atoms with Crippen LogP contribution in [0.3, 0.4) is 0 Å². The van der Waals surface area contributed by atoms with Crippen molar-refractivity contribution in [3.05, 3.63) is 65.2 Å². The molecular formula is C14H12F2O2. The van der Waals surface area contributed by atoms with E-state index < -0.39 is 5.82 Å². The zero-order valence-corrected chi connectivity index (χ0v) is 9.57. The summed E-state index contributed by atoms with van der Waals surface area (Å²) >= 11 is 0. The SMILES string of the molecule is OCc1cc(F)ccc1OCc1cccc(F)c1. The number of halogens is 2. The first-order chi connectivity index (χ1) is 8.69. The van der Waals surface area contributed by atoms with Crippen LogP contribution in [0.25, 0.3) is 0 Å². The van der Waals surface area contributed by atoms with Crippen molar-refractivity contribution >= 4 is 0 Å². The Morgan fingerprint density at radius 2 is 1.78 bits per heavy atom. The summed E-state index contributed by atoms with van der Waals surface area (Å²) in [6.07, 6.45) is 0. The van der Waals surface area contributed by atoms with E-state index in [2.05, 4.69) is 0 Å². The monoisotopic (exact) mass is 250 g/mol. The van der Waals surface area contributed by atoms with Crippen molar-refractivity contribution < 1.29 is 18.6 Å². The van der Waals surface area contributed by atoms with Crippen LogP contribution >= 0.6 is 0 Å². The predicted molar refractivity (Wildman–Crippen MR) is 63.1 cm³/mol. The molecule has 2 aromatic carbocycles. The fourth-order valence-corrected chi connectivity index (χ4v) is 1.60. The topological polar surface area (TPSA) is 29.5 Å². The smallest absolute Gasteiger partial charge is 0.125 e. The summed E-state index contributed by atoms with van der Waals surface area (Å²) in [5, 5.41) is 9.08. The Balaban J connectivity index is 2.10. The molecular weight excluding hydrogens is 238 g/mol. The number of ether oxygens (including phenoxy) is 1. The number of hydrogen-bond donors (Lipinski definition) is 1. The predicted octanol–water partition coefficient (Wildman–Crippen LogP) is 3.04. The van der Waals surface area contributed by atoms with E-state index in [-0.39, 0.29) is 19.0 Å². The zero-order chi connectivity index (χ0) is 13.0. The molecule has 0 bridgehead atoms. The molecule has 0 unspecified atom stereocenters. The van der Waals surface area contributed by atoms with Crippen LogP contribution < -0.4 is 4.74 Å². The summed E-state index contributed by atoms with van der Waals surface area (Å²) in [7, 11) is 0. The van der Waals surface area contributed by atoms with Crippen molar-refractivity contribution in [1.29, 1.82) is 0 Å². The van der Waals surface area contributed by atoms with E-state index in [1.54, 1.807) is 12.1 Å². The molecule has 0 aliphatic rings. The Bertz CT molecular complexity index is 541. The van der Waals surface area contributed by atoms with Gasteiger partial charge in [0.25, 0.3) is 0 Å². The molecule has 0 saturated carbocycles. The van der Waals surface area contributed by atoms with Crippen LogP contribution in [0.2, 0.25) is 0 Å². The minimum absolute atomic E-state index is 0.163. The summed E-state index contributed by atoms with van der Waals surface area (Å²) in [5.74, 6) is -0.377. The van der Waals surface area contributed by atoms with E-state index >= 15 is 0 Å². The van der Waals surface area contributed by atoms with Crippen molar-refractivity contribution in [3.8, 4) is 5.75 Å². The molecule has 0 aliphatic carbocycles. The van der Waals surface area contributed by atoms with E-state index in [1.807, 2.05) is 0 Å². The van der Waals surface area contributed by atoms with E-state index in [0.717, 1.165) is 0 Å². The van der Waals surface area contributed by atoms with E-state index in [1.165, 1.54) is 30.3 Å². The van der Waals surface area contributed by atoms with Gasteiger partial charge in [0.15, 0.2) is 0 Å². The molecule has 2 nitrogen and oxygen atoms in total. The van der Waals surface area contributed by atoms with Crippen LogP contribution in [0.15, 0.2) is 42.5 Å². The number of hydrogen-bond acceptors (Lipinski definition) is 2. The third kappa shape index (κ3) is 3.05. The van der Waals surface area contributed by atoms with Crippen molar-refractivity contribution in [2.24, 2.45) is 0 Å². The fraction of sp³-hybridized carbons (Fsp3) is 0.143. The van der Waals surface area contributed by atoms with Crippen LogP contribution in [-0.4, -0.2) is 5.11 Å². The first-order valence-electron chi connectivity index (χ1n) is 5.45. The lowest BCUT2D eigenvalue weighted by Gasteiger charge is -2.10. The molecule has 0 aliphatic heterocycles. The quantitative estimate of drug-likeness (QED) is 0.903. The van der Waals surface area contributed by atoms with E-state index in [9.17, 15) is 8.78 Å². The minimum atomic E-state index is -0.433. The molecule has 94 valence electrons. The molecule has 0 saturated heterocycles. The molecule has 2 aromatic rings. The third-order valence-corrected chi connectivity index (χ3v) is 2.48. The molecule has 2 rings (SSSR count). The van der Waals surface area contributed by atoms with Gasteiger partial charge in [-0.3, -0.25) is 0 Å². The summed E-state index contributed by atoms with van der Waals surface area (Å²) < 4.78 is 31.3. The summed E-state index contributed by atoms with van der Waals surface area (Å²) in [5.41, 5.74) is 1.04. The maximum Gasteiger partial charge on any atom is 0.125 e. The second kappa shape index (κ2) is 5.60. The molecule has 18 heavy (non-hydrogen) atoms. The lowest BCUT2D eigenvalue weighted by molar-refractivity contribution is 0.258. The first kappa shape index (κ1) is 12.5. The Morgan fingerprint density at radius 3 is 2.50 bits per heavy atom. The van der Waals surface area contributed by atoms with Gasteiger partial charge in [-0.05, 0) is 35.9 Å². The van der Waals surface area contributed by atoms with Gasteiger partial charge < -0.3 is 9.84 Å². The lowest BCUT2D eigenvalue weighted by Crippen LogP contribution is -1.99. The molecule has 0 fully saturated rings. The highest BCUT2D eigenvalue weighted by atomic mass is 19.1. The van der Waals surface area contributed by atoms with Gasteiger partial charge in [0.2, 0.25) is 0 Å². The van der Waals surface area contributed by atoms with Crippen LogP contribution in [-0.2, 0) is 13.2 Å². The van der Waals surface area contributed by atoms with E-state index in [4.69, 9.17) is 9.84 Å². The molecule has 4 heteroatoms. The van der Waals surface area contributed by atoms with Crippen molar-refractivity contribution in [3.63, 3.8) is 0 Å². The normalized spacial score (nSPS) is 10.4. The molecule has 0 heterocycles. The van der Waals surface area contributed by atoms with Gasteiger partial charge in [-0.25, -0.2) is 8.78 Å². The number of aliphatic hydroxyl groups excluding tert-OH is 1. The largest absolute Gasteiger partial charge is 0.489 e. The molecule has 1 N–H and O–H groups in total. The third-order valence-electron chi connectivity index (χ3n) is 2.48. The second-order valence-corrected chi connectivity index (χ2v) is 3.83. The van der Waals surface area contributed by atoms with Crippen molar-refractivity contribution in [1.82, 2.24) is 0 Å². The molecule has 0 atom stereocenters. The highest BCUT2D eigenvalue weighted by Gasteiger charge is 2.05. The maximum atomic E-state index is 12.9. The average molecular weight is 250 g/mol. The second-order valence-electron chi connectivity index (χ2n) is 3.83. The average Bonchev–Trinajstić information content (AvgIpc) is 2.37. The van der Waals surface area contributed by atoms with Crippen LogP contribution in [0.1, 0.15) is 11.1 Å². The molecule has 0 spiro atoms. The lowest BCUT2D eigenvalue weighted by atomic mass is 10.2. The Labute approximate surface area is 103 Å². The van der Waals surface area contributed by atoms with Crippen LogP contribution in [0.5, 0.6) is 5.75 Å². The van der Waals surface area contributed by atoms with Crippen molar-refractivity contribution in [2.45, 2.75) is 13.2 Å². The highest BCUT2D eigenvalue weighted by Crippen LogP contribution is 2.21. The number of aliphatic hydroxyl groups is 1. The highest BCUT2D eigenvalue weighted by molar-refractivity contribution is 5.33. The minimum Gasteiger partial charge on any atom is -0.489 e. The molecule has 0 aromatic heterocycles. The van der Waals surface area contributed by atoms with Crippen LogP contribution in [0, 0.1) is 11.6 Å². The van der Waals surface area contributed by atoms with Gasteiger partial charge in [-0.2, -0.15) is 0 Å². The maximum absolute atomic E-state index is 12.9.